The summed E-state index contributed by atoms with van der Waals surface area (Å²) in [5.74, 6) is 0. The predicted molar refractivity (Wildman–Crippen MR) is 242 cm³/mol. The summed E-state index contributed by atoms with van der Waals surface area (Å²) in [5.41, 5.74) is 16.7. The van der Waals surface area contributed by atoms with E-state index in [1.807, 2.05) is 6.07 Å². The molecule has 11 aromatic rings. The zero-order chi connectivity index (χ0) is 38.5. The van der Waals surface area contributed by atoms with E-state index in [4.69, 9.17) is 8.83 Å². The second-order valence-electron chi connectivity index (χ2n) is 16.0. The van der Waals surface area contributed by atoms with Crippen LogP contribution in [0.3, 0.4) is 0 Å². The Morgan fingerprint density at radius 2 is 1.02 bits per heavy atom. The highest BCUT2D eigenvalue weighted by Gasteiger charge is 2.37. The van der Waals surface area contributed by atoms with Gasteiger partial charge >= 0.3 is 0 Å². The minimum absolute atomic E-state index is 0.107. The third-order valence-electron chi connectivity index (χ3n) is 12.5. The van der Waals surface area contributed by atoms with E-state index in [0.717, 1.165) is 77.5 Å². The Kier molecular flexibility index (Phi) is 6.98. The molecule has 3 heteroatoms. The Morgan fingerprint density at radius 3 is 1.90 bits per heavy atom. The van der Waals surface area contributed by atoms with Crippen LogP contribution in [0.4, 0.5) is 17.1 Å². The lowest BCUT2D eigenvalue weighted by atomic mass is 9.82. The van der Waals surface area contributed by atoms with Gasteiger partial charge in [0.05, 0.1) is 16.8 Å². The van der Waals surface area contributed by atoms with E-state index in [1.165, 1.54) is 38.8 Å². The highest BCUT2D eigenvalue weighted by atomic mass is 16.3. The van der Waals surface area contributed by atoms with Gasteiger partial charge in [0.15, 0.2) is 0 Å². The van der Waals surface area contributed by atoms with Crippen LogP contribution in [0.5, 0.6) is 0 Å². The first-order valence-electron chi connectivity index (χ1n) is 20.0. The van der Waals surface area contributed by atoms with Gasteiger partial charge in [0.25, 0.3) is 0 Å². The maximum absolute atomic E-state index is 6.58. The SMILES string of the molecule is CC1(C)c2ccccc2-c2c(-c3ccccc3N(c3ccc(-c4cccc5oc6c7ccccc7ccc6c45)cc3)c3cccc4oc5ccccc5c34)cccc21. The number of para-hydroxylation sites is 2. The first kappa shape index (κ1) is 32.8. The molecule has 0 unspecified atom stereocenters. The fourth-order valence-electron chi connectivity index (χ4n) is 9.81. The molecule has 0 N–H and O–H groups in total. The van der Waals surface area contributed by atoms with Crippen LogP contribution < -0.4 is 4.90 Å². The molecular formula is C55H37NO2. The molecule has 2 aromatic heterocycles. The van der Waals surface area contributed by atoms with Crippen molar-refractivity contribution in [3.05, 3.63) is 199 Å². The Morgan fingerprint density at radius 1 is 0.397 bits per heavy atom. The molecule has 9 aromatic carbocycles. The first-order valence-corrected chi connectivity index (χ1v) is 20.0. The van der Waals surface area contributed by atoms with Gasteiger partial charge in [-0.15, -0.1) is 0 Å². The Labute approximate surface area is 336 Å². The van der Waals surface area contributed by atoms with Crippen LogP contribution in [-0.2, 0) is 5.41 Å². The number of hydrogen-bond donors (Lipinski definition) is 0. The zero-order valence-electron chi connectivity index (χ0n) is 32.2. The van der Waals surface area contributed by atoms with Crippen molar-refractivity contribution >= 4 is 71.7 Å². The molecule has 0 radical (unpaired) electrons. The molecule has 1 aliphatic carbocycles. The second kappa shape index (κ2) is 12.3. The lowest BCUT2D eigenvalue weighted by Gasteiger charge is -2.29. The number of nitrogens with zero attached hydrogens (tertiary/aromatic N) is 1. The fraction of sp³-hybridized carbons (Fsp3) is 0.0545. The summed E-state index contributed by atoms with van der Waals surface area (Å²) in [6, 6.07) is 67.6. The molecule has 274 valence electrons. The maximum atomic E-state index is 6.58. The first-order chi connectivity index (χ1) is 28.5. The van der Waals surface area contributed by atoms with Crippen LogP contribution in [0.2, 0.25) is 0 Å². The van der Waals surface area contributed by atoms with E-state index < -0.39 is 0 Å². The van der Waals surface area contributed by atoms with Gasteiger partial charge in [-0.05, 0) is 92.9 Å². The molecule has 12 rings (SSSR count). The topological polar surface area (TPSA) is 29.5 Å². The normalized spacial score (nSPS) is 13.1. The van der Waals surface area contributed by atoms with Crippen molar-refractivity contribution in [2.45, 2.75) is 19.3 Å². The molecule has 58 heavy (non-hydrogen) atoms. The monoisotopic (exact) mass is 743 g/mol. The summed E-state index contributed by atoms with van der Waals surface area (Å²) in [6.45, 7) is 4.70. The van der Waals surface area contributed by atoms with Gasteiger partial charge in [-0.2, -0.15) is 0 Å². The summed E-state index contributed by atoms with van der Waals surface area (Å²) in [7, 11) is 0. The van der Waals surface area contributed by atoms with Gasteiger partial charge in [0.1, 0.15) is 22.3 Å². The van der Waals surface area contributed by atoms with Crippen molar-refractivity contribution in [3.8, 4) is 33.4 Å². The molecule has 2 heterocycles. The van der Waals surface area contributed by atoms with Crippen LogP contribution >= 0.6 is 0 Å². The lowest BCUT2D eigenvalue weighted by molar-refractivity contribution is 0.660. The third-order valence-corrected chi connectivity index (χ3v) is 12.5. The molecule has 0 amide bonds. The molecule has 3 nitrogen and oxygen atoms in total. The maximum Gasteiger partial charge on any atom is 0.143 e. The standard InChI is InChI=1S/C55H37NO2/c1-55(2)44-21-8-5-17-41(44)51-40(20-11-22-45(51)55)39-16-6-9-23-46(39)56(47-24-13-27-50-53(47)42-18-7-10-25-48(42)57-50)36-31-28-35(29-32-36)37-19-12-26-49-52(37)43-33-30-34-14-3-4-15-38(34)54(43)58-49/h3-33H,1-2H3. The smallest absolute Gasteiger partial charge is 0.143 e. The number of benzene rings is 9. The van der Waals surface area contributed by atoms with E-state index in [0.29, 0.717) is 0 Å². The van der Waals surface area contributed by atoms with E-state index in [-0.39, 0.29) is 5.41 Å². The summed E-state index contributed by atoms with van der Waals surface area (Å²) in [4.78, 5) is 2.43. The molecule has 0 spiro atoms. The number of fused-ring (bicyclic) bond motifs is 11. The van der Waals surface area contributed by atoms with Crippen LogP contribution in [0.1, 0.15) is 25.0 Å². The fourth-order valence-corrected chi connectivity index (χ4v) is 9.81. The Bertz CT molecular complexity index is 3440. The molecule has 0 aliphatic heterocycles. The van der Waals surface area contributed by atoms with Gasteiger partial charge in [-0.1, -0.05) is 153 Å². The molecular weight excluding hydrogens is 707 g/mol. The van der Waals surface area contributed by atoms with Crippen LogP contribution in [-0.4, -0.2) is 0 Å². The van der Waals surface area contributed by atoms with Crippen molar-refractivity contribution in [1.82, 2.24) is 0 Å². The van der Waals surface area contributed by atoms with E-state index in [2.05, 4.69) is 201 Å². The minimum Gasteiger partial charge on any atom is -0.456 e. The number of furan rings is 2. The van der Waals surface area contributed by atoms with Crippen molar-refractivity contribution in [3.63, 3.8) is 0 Å². The lowest BCUT2D eigenvalue weighted by Crippen LogP contribution is -2.15. The zero-order valence-corrected chi connectivity index (χ0v) is 32.2. The van der Waals surface area contributed by atoms with Crippen molar-refractivity contribution in [2.75, 3.05) is 4.90 Å². The van der Waals surface area contributed by atoms with E-state index in [9.17, 15) is 0 Å². The summed E-state index contributed by atoms with van der Waals surface area (Å²) >= 11 is 0. The van der Waals surface area contributed by atoms with Gasteiger partial charge in [0, 0.05) is 38.2 Å². The summed E-state index contributed by atoms with van der Waals surface area (Å²) in [5, 5.41) is 6.74. The minimum atomic E-state index is -0.107. The highest BCUT2D eigenvalue weighted by molar-refractivity contribution is 6.19. The van der Waals surface area contributed by atoms with E-state index >= 15 is 0 Å². The van der Waals surface area contributed by atoms with Crippen molar-refractivity contribution < 1.29 is 8.83 Å². The predicted octanol–water partition coefficient (Wildman–Crippen LogP) is 15.7. The average molecular weight is 744 g/mol. The van der Waals surface area contributed by atoms with Gasteiger partial charge in [-0.3, -0.25) is 0 Å². The van der Waals surface area contributed by atoms with Crippen molar-refractivity contribution in [2.24, 2.45) is 0 Å². The van der Waals surface area contributed by atoms with Crippen molar-refractivity contribution in [1.29, 1.82) is 0 Å². The molecule has 0 fully saturated rings. The quantitative estimate of drug-likeness (QED) is 0.176. The van der Waals surface area contributed by atoms with Crippen LogP contribution in [0, 0.1) is 0 Å². The number of hydrogen-bond acceptors (Lipinski definition) is 3. The van der Waals surface area contributed by atoms with Crippen LogP contribution in [0.15, 0.2) is 197 Å². The molecule has 1 aliphatic rings. The highest BCUT2D eigenvalue weighted by Crippen LogP contribution is 2.54. The number of rotatable bonds is 5. The largest absolute Gasteiger partial charge is 0.456 e. The molecule has 0 bridgehead atoms. The van der Waals surface area contributed by atoms with E-state index in [1.54, 1.807) is 0 Å². The summed E-state index contributed by atoms with van der Waals surface area (Å²) < 4.78 is 13.1. The Hall–Kier alpha value is -7.36. The van der Waals surface area contributed by atoms with Gasteiger partial charge in [-0.25, -0.2) is 0 Å². The molecule has 0 atom stereocenters. The summed E-state index contributed by atoms with van der Waals surface area (Å²) in [6.07, 6.45) is 0. The average Bonchev–Trinajstić information content (AvgIpc) is 3.93. The molecule has 0 saturated carbocycles. The Balaban J connectivity index is 1.08. The second-order valence-corrected chi connectivity index (χ2v) is 16.0. The van der Waals surface area contributed by atoms with Gasteiger partial charge in [0.2, 0.25) is 0 Å². The molecule has 0 saturated heterocycles. The third kappa shape index (κ3) is 4.68. The number of anilines is 3. The van der Waals surface area contributed by atoms with Crippen LogP contribution in [0.25, 0.3) is 88.0 Å². The van der Waals surface area contributed by atoms with Gasteiger partial charge < -0.3 is 13.7 Å².